The second-order valence-electron chi connectivity index (χ2n) is 4.39. The van der Waals surface area contributed by atoms with E-state index in [4.69, 9.17) is 5.73 Å². The number of nitrogens with zero attached hydrogens (tertiary/aromatic N) is 2. The molecule has 3 nitrogen and oxygen atoms in total. The van der Waals surface area contributed by atoms with Gasteiger partial charge in [0.05, 0.1) is 11.1 Å². The Bertz CT molecular complexity index is 529. The zero-order chi connectivity index (χ0) is 11.2. The first-order chi connectivity index (χ1) is 7.72. The van der Waals surface area contributed by atoms with Gasteiger partial charge < -0.3 is 5.73 Å². The molecule has 1 atom stereocenters. The summed E-state index contributed by atoms with van der Waals surface area (Å²) in [5.74, 6) is 0.648. The van der Waals surface area contributed by atoms with E-state index in [1.165, 1.54) is 5.57 Å². The molecule has 3 aliphatic rings. The molecule has 2 N–H and O–H groups in total. The predicted octanol–water partition coefficient (Wildman–Crippen LogP) is 2.10. The highest BCUT2D eigenvalue weighted by molar-refractivity contribution is 6.15. The highest BCUT2D eigenvalue weighted by Crippen LogP contribution is 2.42. The SMILES string of the molecule is CC1=C(N)N=C2C=CC=C3C=CN=CC32C1. The molecule has 0 aromatic heterocycles. The first kappa shape index (κ1) is 9.33. The van der Waals surface area contributed by atoms with Crippen molar-refractivity contribution in [1.29, 1.82) is 0 Å². The maximum absolute atomic E-state index is 5.88. The minimum Gasteiger partial charge on any atom is -0.384 e. The molecule has 1 aliphatic carbocycles. The lowest BCUT2D eigenvalue weighted by Crippen LogP contribution is -2.39. The van der Waals surface area contributed by atoms with Gasteiger partial charge in [0.1, 0.15) is 5.82 Å². The van der Waals surface area contributed by atoms with Gasteiger partial charge in [-0.1, -0.05) is 12.2 Å². The van der Waals surface area contributed by atoms with E-state index in [1.54, 1.807) is 0 Å². The van der Waals surface area contributed by atoms with Gasteiger partial charge in [0.25, 0.3) is 0 Å². The van der Waals surface area contributed by atoms with Crippen LogP contribution in [0.3, 0.4) is 0 Å². The molecule has 0 amide bonds. The van der Waals surface area contributed by atoms with Crippen molar-refractivity contribution < 1.29 is 0 Å². The Morgan fingerprint density at radius 3 is 3.12 bits per heavy atom. The van der Waals surface area contributed by atoms with Crippen LogP contribution in [0, 0.1) is 5.41 Å². The Morgan fingerprint density at radius 2 is 2.25 bits per heavy atom. The average Bonchev–Trinajstić information content (AvgIpc) is 2.29. The summed E-state index contributed by atoms with van der Waals surface area (Å²) in [4.78, 5) is 8.75. The first-order valence-electron chi connectivity index (χ1n) is 5.36. The number of aliphatic imine (C=N–C) groups is 2. The Balaban J connectivity index is 2.21. The molecule has 3 heteroatoms. The molecule has 0 radical (unpaired) electrons. The predicted molar refractivity (Wildman–Crippen MR) is 66.2 cm³/mol. The van der Waals surface area contributed by atoms with Crippen molar-refractivity contribution in [3.8, 4) is 0 Å². The number of allylic oxidation sites excluding steroid dienone is 6. The second kappa shape index (κ2) is 3.04. The lowest BCUT2D eigenvalue weighted by atomic mass is 9.68. The summed E-state index contributed by atoms with van der Waals surface area (Å²) < 4.78 is 0. The number of nitrogens with two attached hydrogens (primary N) is 1. The van der Waals surface area contributed by atoms with E-state index in [2.05, 4.69) is 16.1 Å². The summed E-state index contributed by atoms with van der Waals surface area (Å²) in [5, 5.41) is 0. The highest BCUT2D eigenvalue weighted by atomic mass is 14.9. The fourth-order valence-electron chi connectivity index (χ4n) is 2.44. The van der Waals surface area contributed by atoms with Crippen LogP contribution in [0.4, 0.5) is 0 Å². The average molecular weight is 211 g/mol. The molecule has 0 bridgehead atoms. The number of hydrogen-bond acceptors (Lipinski definition) is 3. The minimum absolute atomic E-state index is 0.170. The largest absolute Gasteiger partial charge is 0.384 e. The first-order valence-corrected chi connectivity index (χ1v) is 5.36. The lowest BCUT2D eigenvalue weighted by Gasteiger charge is -2.37. The molecule has 3 rings (SSSR count). The molecule has 2 aliphatic heterocycles. The van der Waals surface area contributed by atoms with Gasteiger partial charge in [0.15, 0.2) is 0 Å². The summed E-state index contributed by atoms with van der Waals surface area (Å²) >= 11 is 0. The van der Waals surface area contributed by atoms with Gasteiger partial charge in [-0.3, -0.25) is 4.99 Å². The molecule has 0 saturated heterocycles. The highest BCUT2D eigenvalue weighted by Gasteiger charge is 2.41. The van der Waals surface area contributed by atoms with Crippen LogP contribution < -0.4 is 5.73 Å². The monoisotopic (exact) mass is 211 g/mol. The lowest BCUT2D eigenvalue weighted by molar-refractivity contribution is 0.663. The van der Waals surface area contributed by atoms with Crippen LogP contribution >= 0.6 is 0 Å². The van der Waals surface area contributed by atoms with E-state index in [-0.39, 0.29) is 5.41 Å². The van der Waals surface area contributed by atoms with Crippen LogP contribution in [0.2, 0.25) is 0 Å². The summed E-state index contributed by atoms with van der Waals surface area (Å²) in [6, 6.07) is 0. The summed E-state index contributed by atoms with van der Waals surface area (Å²) in [5.41, 5.74) is 9.09. The Labute approximate surface area is 94.5 Å². The van der Waals surface area contributed by atoms with Crippen molar-refractivity contribution >= 4 is 11.9 Å². The van der Waals surface area contributed by atoms with Gasteiger partial charge in [0.2, 0.25) is 0 Å². The second-order valence-corrected chi connectivity index (χ2v) is 4.39. The molecule has 0 aromatic rings. The van der Waals surface area contributed by atoms with Crippen molar-refractivity contribution in [2.24, 2.45) is 21.1 Å². The van der Waals surface area contributed by atoms with Crippen LogP contribution in [0.15, 0.2) is 57.5 Å². The van der Waals surface area contributed by atoms with Crippen LogP contribution in [0.25, 0.3) is 0 Å². The Hall–Kier alpha value is -1.90. The third-order valence-corrected chi connectivity index (χ3v) is 3.36. The summed E-state index contributed by atoms with van der Waals surface area (Å²) in [6.07, 6.45) is 12.9. The van der Waals surface area contributed by atoms with Crippen LogP contribution in [-0.4, -0.2) is 11.9 Å². The molecule has 16 heavy (non-hydrogen) atoms. The maximum Gasteiger partial charge on any atom is 0.122 e. The van der Waals surface area contributed by atoms with E-state index >= 15 is 0 Å². The van der Waals surface area contributed by atoms with Crippen molar-refractivity contribution in [2.45, 2.75) is 13.3 Å². The van der Waals surface area contributed by atoms with Crippen molar-refractivity contribution in [3.05, 3.63) is 47.5 Å². The topological polar surface area (TPSA) is 50.7 Å². The van der Waals surface area contributed by atoms with Gasteiger partial charge in [-0.05, 0) is 36.6 Å². The number of hydrogen-bond donors (Lipinski definition) is 1. The third-order valence-electron chi connectivity index (χ3n) is 3.36. The van der Waals surface area contributed by atoms with Crippen molar-refractivity contribution in [2.75, 3.05) is 0 Å². The zero-order valence-electron chi connectivity index (χ0n) is 9.14. The molecule has 0 fully saturated rings. The number of rotatable bonds is 0. The summed E-state index contributed by atoms with van der Waals surface area (Å²) in [7, 11) is 0. The molecule has 0 saturated carbocycles. The Morgan fingerprint density at radius 1 is 1.38 bits per heavy atom. The molecule has 1 unspecified atom stereocenters. The summed E-state index contributed by atoms with van der Waals surface area (Å²) in [6.45, 7) is 2.03. The zero-order valence-corrected chi connectivity index (χ0v) is 9.14. The van der Waals surface area contributed by atoms with E-state index in [9.17, 15) is 0 Å². The van der Waals surface area contributed by atoms with Crippen LogP contribution in [0.1, 0.15) is 13.3 Å². The molecule has 80 valence electrons. The molecule has 0 aromatic carbocycles. The Kier molecular flexibility index (Phi) is 1.78. The molecular formula is C13H13N3. The smallest absolute Gasteiger partial charge is 0.122 e. The quantitative estimate of drug-likeness (QED) is 0.655. The van der Waals surface area contributed by atoms with Gasteiger partial charge in [-0.2, -0.15) is 0 Å². The normalized spacial score (nSPS) is 30.8. The standard InChI is InChI=1S/C13H13N3/c1-9-7-13-8-15-6-5-10(13)3-2-4-11(13)16-12(9)14/h2-6,8H,7,14H2,1H3. The fourth-order valence-corrected chi connectivity index (χ4v) is 2.44. The molecular weight excluding hydrogens is 198 g/mol. The third kappa shape index (κ3) is 1.08. The van der Waals surface area contributed by atoms with E-state index < -0.39 is 0 Å². The van der Waals surface area contributed by atoms with E-state index in [1.807, 2.05) is 37.6 Å². The maximum atomic E-state index is 5.88. The van der Waals surface area contributed by atoms with E-state index in [0.717, 1.165) is 17.7 Å². The van der Waals surface area contributed by atoms with Gasteiger partial charge >= 0.3 is 0 Å². The fraction of sp³-hybridized carbons (Fsp3) is 0.231. The van der Waals surface area contributed by atoms with Crippen LogP contribution in [-0.2, 0) is 0 Å². The van der Waals surface area contributed by atoms with Gasteiger partial charge in [-0.25, -0.2) is 4.99 Å². The van der Waals surface area contributed by atoms with Gasteiger partial charge in [0, 0.05) is 12.4 Å². The minimum atomic E-state index is -0.170. The molecule has 1 spiro atoms. The van der Waals surface area contributed by atoms with Crippen molar-refractivity contribution in [3.63, 3.8) is 0 Å². The molecule has 2 heterocycles. The van der Waals surface area contributed by atoms with E-state index in [0.29, 0.717) is 5.82 Å². The van der Waals surface area contributed by atoms with Gasteiger partial charge in [-0.15, -0.1) is 0 Å². The van der Waals surface area contributed by atoms with Crippen LogP contribution in [0.5, 0.6) is 0 Å². The van der Waals surface area contributed by atoms with Crippen molar-refractivity contribution in [1.82, 2.24) is 0 Å².